The maximum absolute atomic E-state index is 12.5. The molecule has 0 saturated carbocycles. The number of esters is 2. The first-order valence-electron chi connectivity index (χ1n) is 8.79. The van der Waals surface area contributed by atoms with Crippen LogP contribution in [-0.2, 0) is 18.9 Å². The third kappa shape index (κ3) is 4.72. The minimum Gasteiger partial charge on any atom is -0.455 e. The molecule has 0 amide bonds. The average molecular weight is 370 g/mol. The first-order chi connectivity index (χ1) is 13.1. The molecule has 0 bridgehead atoms. The molecule has 6 nitrogen and oxygen atoms in total. The van der Waals surface area contributed by atoms with E-state index in [-0.39, 0.29) is 6.42 Å². The second kappa shape index (κ2) is 8.79. The van der Waals surface area contributed by atoms with Gasteiger partial charge in [0, 0.05) is 13.5 Å². The zero-order chi connectivity index (χ0) is 19.2. The standard InChI is InChI=1S/C21H22O6/c1-14-19(27-21(23)16-11-7-4-8-12-16)17(13-18(24-2)25-14)26-20(22)15-9-5-3-6-10-15/h3-12,14,17-19H,13H2,1-2H3/t14-,17-,18?,19-/m1/s1. The number of benzene rings is 2. The third-order valence-corrected chi connectivity index (χ3v) is 4.40. The Morgan fingerprint density at radius 1 is 0.889 bits per heavy atom. The molecule has 0 aliphatic carbocycles. The van der Waals surface area contributed by atoms with Gasteiger partial charge < -0.3 is 18.9 Å². The van der Waals surface area contributed by atoms with Gasteiger partial charge in [-0.1, -0.05) is 36.4 Å². The summed E-state index contributed by atoms with van der Waals surface area (Å²) in [6.45, 7) is 1.76. The average Bonchev–Trinajstić information content (AvgIpc) is 2.71. The summed E-state index contributed by atoms with van der Waals surface area (Å²) in [6, 6.07) is 17.3. The van der Waals surface area contributed by atoms with Gasteiger partial charge in [-0.15, -0.1) is 0 Å². The molecule has 2 aromatic rings. The van der Waals surface area contributed by atoms with Gasteiger partial charge in [-0.05, 0) is 31.2 Å². The highest BCUT2D eigenvalue weighted by molar-refractivity contribution is 5.90. The molecule has 2 aromatic carbocycles. The lowest BCUT2D eigenvalue weighted by Crippen LogP contribution is -2.51. The van der Waals surface area contributed by atoms with Crippen LogP contribution in [0.3, 0.4) is 0 Å². The second-order valence-electron chi connectivity index (χ2n) is 6.29. The molecule has 1 heterocycles. The van der Waals surface area contributed by atoms with Crippen molar-refractivity contribution in [3.8, 4) is 0 Å². The number of hydrogen-bond acceptors (Lipinski definition) is 6. The van der Waals surface area contributed by atoms with Gasteiger partial charge in [-0.25, -0.2) is 9.59 Å². The van der Waals surface area contributed by atoms with Crippen LogP contribution in [0.25, 0.3) is 0 Å². The quantitative estimate of drug-likeness (QED) is 0.753. The molecule has 3 rings (SSSR count). The number of ether oxygens (including phenoxy) is 4. The molecule has 1 saturated heterocycles. The Bertz CT molecular complexity index is 761. The summed E-state index contributed by atoms with van der Waals surface area (Å²) in [5.74, 6) is -0.974. The molecule has 4 atom stereocenters. The SMILES string of the molecule is COC1C[C@@H](OC(=O)c2ccccc2)[C@H](OC(=O)c2ccccc2)[C@@H](C)O1. The molecule has 1 aliphatic heterocycles. The van der Waals surface area contributed by atoms with Gasteiger partial charge in [-0.2, -0.15) is 0 Å². The predicted octanol–water partition coefficient (Wildman–Crippen LogP) is 3.22. The summed E-state index contributed by atoms with van der Waals surface area (Å²) in [6.07, 6.45) is -2.19. The number of hydrogen-bond donors (Lipinski definition) is 0. The molecule has 142 valence electrons. The summed E-state index contributed by atoms with van der Waals surface area (Å²) >= 11 is 0. The smallest absolute Gasteiger partial charge is 0.338 e. The minimum absolute atomic E-state index is 0.270. The van der Waals surface area contributed by atoms with Crippen LogP contribution < -0.4 is 0 Å². The Kier molecular flexibility index (Phi) is 6.21. The van der Waals surface area contributed by atoms with Crippen molar-refractivity contribution in [1.82, 2.24) is 0 Å². The van der Waals surface area contributed by atoms with E-state index < -0.39 is 36.5 Å². The van der Waals surface area contributed by atoms with E-state index in [2.05, 4.69) is 0 Å². The van der Waals surface area contributed by atoms with E-state index >= 15 is 0 Å². The fourth-order valence-electron chi connectivity index (χ4n) is 2.98. The van der Waals surface area contributed by atoms with Crippen LogP contribution in [0, 0.1) is 0 Å². The molecule has 27 heavy (non-hydrogen) atoms. The van der Waals surface area contributed by atoms with Crippen molar-refractivity contribution in [3.63, 3.8) is 0 Å². The Hall–Kier alpha value is -2.70. The first-order valence-corrected chi connectivity index (χ1v) is 8.79. The van der Waals surface area contributed by atoms with Crippen molar-refractivity contribution in [2.75, 3.05) is 7.11 Å². The molecule has 0 N–H and O–H groups in total. The van der Waals surface area contributed by atoms with Gasteiger partial charge in [0.15, 0.2) is 12.4 Å². The van der Waals surface area contributed by atoms with Crippen molar-refractivity contribution in [2.45, 2.75) is 37.9 Å². The molecule has 6 heteroatoms. The van der Waals surface area contributed by atoms with Gasteiger partial charge in [0.2, 0.25) is 0 Å². The Labute approximate surface area is 158 Å². The minimum atomic E-state index is -0.739. The van der Waals surface area contributed by atoms with Crippen molar-refractivity contribution < 1.29 is 28.5 Å². The molecule has 0 aromatic heterocycles. The van der Waals surface area contributed by atoms with Crippen LogP contribution >= 0.6 is 0 Å². The molecule has 1 fully saturated rings. The van der Waals surface area contributed by atoms with Crippen LogP contribution in [0.5, 0.6) is 0 Å². The van der Waals surface area contributed by atoms with Gasteiger partial charge in [0.25, 0.3) is 0 Å². The van der Waals surface area contributed by atoms with Crippen LogP contribution in [0.15, 0.2) is 60.7 Å². The number of methoxy groups -OCH3 is 1. The number of carbonyl (C=O) groups excluding carboxylic acids is 2. The van der Waals surface area contributed by atoms with Crippen LogP contribution in [-0.4, -0.2) is 43.7 Å². The number of carbonyl (C=O) groups is 2. The van der Waals surface area contributed by atoms with Crippen LogP contribution in [0.1, 0.15) is 34.1 Å². The topological polar surface area (TPSA) is 71.1 Å². The summed E-state index contributed by atoms with van der Waals surface area (Å²) in [5, 5.41) is 0. The molecule has 1 unspecified atom stereocenters. The van der Waals surface area contributed by atoms with Crippen molar-refractivity contribution in [3.05, 3.63) is 71.8 Å². The molecular weight excluding hydrogens is 348 g/mol. The maximum atomic E-state index is 12.5. The van der Waals surface area contributed by atoms with E-state index in [0.29, 0.717) is 11.1 Å². The summed E-state index contributed by atoms with van der Waals surface area (Å²) in [5.41, 5.74) is 0.852. The van der Waals surface area contributed by atoms with E-state index in [1.54, 1.807) is 55.5 Å². The second-order valence-corrected chi connectivity index (χ2v) is 6.29. The summed E-state index contributed by atoms with van der Waals surface area (Å²) in [7, 11) is 1.52. The Morgan fingerprint density at radius 3 is 1.93 bits per heavy atom. The Morgan fingerprint density at radius 2 is 1.41 bits per heavy atom. The van der Waals surface area contributed by atoms with Crippen LogP contribution in [0.4, 0.5) is 0 Å². The van der Waals surface area contributed by atoms with Gasteiger partial charge in [-0.3, -0.25) is 0 Å². The van der Waals surface area contributed by atoms with Crippen molar-refractivity contribution in [1.29, 1.82) is 0 Å². The summed E-state index contributed by atoms with van der Waals surface area (Å²) in [4.78, 5) is 24.9. The van der Waals surface area contributed by atoms with Crippen LogP contribution in [0.2, 0.25) is 0 Å². The monoisotopic (exact) mass is 370 g/mol. The zero-order valence-corrected chi connectivity index (χ0v) is 15.2. The lowest BCUT2D eigenvalue weighted by molar-refractivity contribution is -0.236. The van der Waals surface area contributed by atoms with Crippen molar-refractivity contribution in [2.24, 2.45) is 0 Å². The highest BCUT2D eigenvalue weighted by atomic mass is 16.7. The lowest BCUT2D eigenvalue weighted by Gasteiger charge is -2.38. The van der Waals surface area contributed by atoms with Gasteiger partial charge in [0.05, 0.1) is 17.2 Å². The maximum Gasteiger partial charge on any atom is 0.338 e. The van der Waals surface area contributed by atoms with Gasteiger partial charge >= 0.3 is 11.9 Å². The fourth-order valence-corrected chi connectivity index (χ4v) is 2.98. The predicted molar refractivity (Wildman–Crippen MR) is 97.3 cm³/mol. The largest absolute Gasteiger partial charge is 0.455 e. The summed E-state index contributed by atoms with van der Waals surface area (Å²) < 4.78 is 22.3. The first kappa shape index (κ1) is 19.1. The molecule has 1 aliphatic rings. The van der Waals surface area contributed by atoms with E-state index in [0.717, 1.165) is 0 Å². The normalized spacial score (nSPS) is 24.8. The lowest BCUT2D eigenvalue weighted by atomic mass is 10.0. The fraction of sp³-hybridized carbons (Fsp3) is 0.333. The Balaban J connectivity index is 1.76. The third-order valence-electron chi connectivity index (χ3n) is 4.40. The van der Waals surface area contributed by atoms with Gasteiger partial charge in [0.1, 0.15) is 6.10 Å². The molecular formula is C21H22O6. The highest BCUT2D eigenvalue weighted by Gasteiger charge is 2.42. The van der Waals surface area contributed by atoms with Crippen molar-refractivity contribution >= 4 is 11.9 Å². The van der Waals surface area contributed by atoms with E-state index in [9.17, 15) is 9.59 Å². The van der Waals surface area contributed by atoms with E-state index in [4.69, 9.17) is 18.9 Å². The van der Waals surface area contributed by atoms with E-state index in [1.165, 1.54) is 7.11 Å². The van der Waals surface area contributed by atoms with E-state index in [1.807, 2.05) is 12.1 Å². The molecule has 0 spiro atoms. The number of rotatable bonds is 5. The zero-order valence-electron chi connectivity index (χ0n) is 15.2. The molecule has 0 radical (unpaired) electrons. The highest BCUT2D eigenvalue weighted by Crippen LogP contribution is 2.27.